The molecule has 0 fully saturated rings. The SMILES string of the molecule is Cc1ccc(-c2[nH]ncc2CNCC(c2ccccc2)N(C)C)o1. The van der Waals surface area contributed by atoms with Crippen LogP contribution in [0.25, 0.3) is 11.5 Å². The lowest BCUT2D eigenvalue weighted by Gasteiger charge is -2.25. The van der Waals surface area contributed by atoms with E-state index in [0.717, 1.165) is 35.9 Å². The highest BCUT2D eigenvalue weighted by atomic mass is 16.3. The molecule has 2 heterocycles. The Hall–Kier alpha value is -2.37. The second kappa shape index (κ2) is 7.47. The van der Waals surface area contributed by atoms with Gasteiger partial charge >= 0.3 is 0 Å². The quantitative estimate of drug-likeness (QED) is 0.699. The highest BCUT2D eigenvalue weighted by Gasteiger charge is 2.15. The van der Waals surface area contributed by atoms with Crippen molar-refractivity contribution < 1.29 is 4.42 Å². The van der Waals surface area contributed by atoms with Gasteiger partial charge in [0.15, 0.2) is 5.76 Å². The molecule has 0 radical (unpaired) electrons. The van der Waals surface area contributed by atoms with Crippen LogP contribution in [0.1, 0.15) is 22.9 Å². The molecule has 3 rings (SSSR count). The van der Waals surface area contributed by atoms with Gasteiger partial charge in [-0.05, 0) is 38.7 Å². The highest BCUT2D eigenvalue weighted by Crippen LogP contribution is 2.23. The van der Waals surface area contributed by atoms with Gasteiger partial charge in [0.25, 0.3) is 0 Å². The van der Waals surface area contributed by atoms with Crippen LogP contribution in [0.2, 0.25) is 0 Å². The molecule has 5 heteroatoms. The van der Waals surface area contributed by atoms with Crippen molar-refractivity contribution in [3.63, 3.8) is 0 Å². The van der Waals surface area contributed by atoms with Crippen LogP contribution in [0.15, 0.2) is 53.1 Å². The lowest BCUT2D eigenvalue weighted by molar-refractivity contribution is 0.288. The van der Waals surface area contributed by atoms with Crippen molar-refractivity contribution in [3.8, 4) is 11.5 Å². The third-order valence-corrected chi connectivity index (χ3v) is 4.17. The van der Waals surface area contributed by atoms with Gasteiger partial charge in [-0.3, -0.25) is 5.10 Å². The third-order valence-electron chi connectivity index (χ3n) is 4.17. The molecule has 0 aliphatic rings. The summed E-state index contributed by atoms with van der Waals surface area (Å²) in [7, 11) is 4.21. The number of nitrogens with one attached hydrogen (secondary N) is 2. The van der Waals surface area contributed by atoms with Crippen LogP contribution in [0.4, 0.5) is 0 Å². The Balaban J connectivity index is 1.65. The zero-order valence-electron chi connectivity index (χ0n) is 14.4. The number of aromatic amines is 1. The predicted octanol–water partition coefficient (Wildman–Crippen LogP) is 3.37. The molecule has 126 valence electrons. The van der Waals surface area contributed by atoms with Crippen LogP contribution in [0.5, 0.6) is 0 Å². The fourth-order valence-electron chi connectivity index (χ4n) is 2.84. The largest absolute Gasteiger partial charge is 0.460 e. The molecule has 0 aliphatic heterocycles. The van der Waals surface area contributed by atoms with Crippen LogP contribution in [0.3, 0.4) is 0 Å². The average Bonchev–Trinajstić information content (AvgIpc) is 3.20. The van der Waals surface area contributed by atoms with Crippen LogP contribution >= 0.6 is 0 Å². The normalized spacial score (nSPS) is 12.7. The first-order chi connectivity index (χ1) is 11.6. The van der Waals surface area contributed by atoms with E-state index in [4.69, 9.17) is 4.42 Å². The van der Waals surface area contributed by atoms with Gasteiger partial charge in [-0.2, -0.15) is 5.10 Å². The van der Waals surface area contributed by atoms with Crippen molar-refractivity contribution in [2.45, 2.75) is 19.5 Å². The fourth-order valence-corrected chi connectivity index (χ4v) is 2.84. The number of hydrogen-bond donors (Lipinski definition) is 2. The Labute approximate surface area is 142 Å². The summed E-state index contributed by atoms with van der Waals surface area (Å²) in [6, 6.07) is 14.8. The molecule has 1 atom stereocenters. The lowest BCUT2D eigenvalue weighted by atomic mass is 10.1. The summed E-state index contributed by atoms with van der Waals surface area (Å²) >= 11 is 0. The Kier molecular flexibility index (Phi) is 5.13. The molecule has 5 nitrogen and oxygen atoms in total. The molecule has 24 heavy (non-hydrogen) atoms. The smallest absolute Gasteiger partial charge is 0.152 e. The summed E-state index contributed by atoms with van der Waals surface area (Å²) in [4.78, 5) is 2.23. The average molecular weight is 324 g/mol. The molecule has 0 spiro atoms. The molecule has 0 saturated carbocycles. The van der Waals surface area contributed by atoms with Crippen molar-refractivity contribution in [1.82, 2.24) is 20.4 Å². The van der Waals surface area contributed by atoms with Gasteiger partial charge in [-0.1, -0.05) is 30.3 Å². The number of nitrogens with zero attached hydrogens (tertiary/aromatic N) is 2. The van der Waals surface area contributed by atoms with E-state index in [2.05, 4.69) is 58.8 Å². The first-order valence-corrected chi connectivity index (χ1v) is 8.16. The number of benzene rings is 1. The first kappa shape index (κ1) is 16.5. The first-order valence-electron chi connectivity index (χ1n) is 8.16. The van der Waals surface area contributed by atoms with Crippen molar-refractivity contribution in [2.75, 3.05) is 20.6 Å². The van der Waals surface area contributed by atoms with Gasteiger partial charge < -0.3 is 14.6 Å². The fraction of sp³-hybridized carbons (Fsp3) is 0.316. The molecule has 2 N–H and O–H groups in total. The maximum atomic E-state index is 5.70. The van der Waals surface area contributed by atoms with Crippen molar-refractivity contribution in [2.24, 2.45) is 0 Å². The van der Waals surface area contributed by atoms with E-state index < -0.39 is 0 Å². The molecule has 0 saturated heterocycles. The maximum Gasteiger partial charge on any atom is 0.152 e. The summed E-state index contributed by atoms with van der Waals surface area (Å²) in [5, 5.41) is 10.7. The van der Waals surface area contributed by atoms with Crippen molar-refractivity contribution >= 4 is 0 Å². The lowest BCUT2D eigenvalue weighted by Crippen LogP contribution is -2.30. The molecule has 1 aromatic carbocycles. The van der Waals surface area contributed by atoms with Crippen LogP contribution in [-0.2, 0) is 6.54 Å². The van der Waals surface area contributed by atoms with E-state index in [1.807, 2.05) is 31.3 Å². The van der Waals surface area contributed by atoms with Gasteiger partial charge in [-0.15, -0.1) is 0 Å². The third kappa shape index (κ3) is 3.75. The monoisotopic (exact) mass is 324 g/mol. The van der Waals surface area contributed by atoms with E-state index in [-0.39, 0.29) is 0 Å². The van der Waals surface area contributed by atoms with Gasteiger partial charge in [-0.25, -0.2) is 0 Å². The minimum atomic E-state index is 0.326. The van der Waals surface area contributed by atoms with E-state index in [0.29, 0.717) is 6.04 Å². The van der Waals surface area contributed by atoms with Gasteiger partial charge in [0.05, 0.1) is 6.20 Å². The maximum absolute atomic E-state index is 5.70. The highest BCUT2D eigenvalue weighted by molar-refractivity contribution is 5.56. The molecular formula is C19H24N4O. The Bertz CT molecular complexity index is 761. The molecule has 0 bridgehead atoms. The standard InChI is InChI=1S/C19H24N4O/c1-14-9-10-18(24-14)19-16(12-21-22-19)11-20-13-17(23(2)3)15-7-5-4-6-8-15/h4-10,12,17,20H,11,13H2,1-3H3,(H,21,22). The van der Waals surface area contributed by atoms with Crippen molar-refractivity contribution in [1.29, 1.82) is 0 Å². The number of aryl methyl sites for hydroxylation is 1. The van der Waals surface area contributed by atoms with Gasteiger partial charge in [0.2, 0.25) is 0 Å². The molecule has 1 unspecified atom stereocenters. The second-order valence-electron chi connectivity index (χ2n) is 6.20. The molecule has 2 aromatic heterocycles. The Morgan fingerprint density at radius 1 is 1.17 bits per heavy atom. The zero-order valence-corrected chi connectivity index (χ0v) is 14.4. The second-order valence-corrected chi connectivity index (χ2v) is 6.20. The minimum absolute atomic E-state index is 0.326. The summed E-state index contributed by atoms with van der Waals surface area (Å²) in [5.41, 5.74) is 3.36. The molecule has 0 amide bonds. The predicted molar refractivity (Wildman–Crippen MR) is 95.6 cm³/mol. The number of H-pyrrole nitrogens is 1. The van der Waals surface area contributed by atoms with Crippen LogP contribution in [0, 0.1) is 6.92 Å². The summed E-state index contributed by atoms with van der Waals surface area (Å²) in [6.45, 7) is 3.54. The van der Waals surface area contributed by atoms with Crippen molar-refractivity contribution in [3.05, 3.63) is 65.5 Å². The van der Waals surface area contributed by atoms with Crippen LogP contribution < -0.4 is 5.32 Å². The van der Waals surface area contributed by atoms with E-state index in [1.54, 1.807) is 0 Å². The summed E-state index contributed by atoms with van der Waals surface area (Å²) < 4.78 is 5.70. The minimum Gasteiger partial charge on any atom is -0.460 e. The Morgan fingerprint density at radius 3 is 2.62 bits per heavy atom. The topological polar surface area (TPSA) is 57.1 Å². The van der Waals surface area contributed by atoms with E-state index >= 15 is 0 Å². The number of aromatic nitrogens is 2. The number of likely N-dealkylation sites (N-methyl/N-ethyl adjacent to an activating group) is 1. The van der Waals surface area contributed by atoms with Gasteiger partial charge in [0.1, 0.15) is 11.5 Å². The number of rotatable bonds is 7. The molecular weight excluding hydrogens is 300 g/mol. The molecule has 3 aromatic rings. The Morgan fingerprint density at radius 2 is 1.96 bits per heavy atom. The van der Waals surface area contributed by atoms with Crippen LogP contribution in [-0.4, -0.2) is 35.7 Å². The van der Waals surface area contributed by atoms with E-state index in [9.17, 15) is 0 Å². The summed E-state index contributed by atoms with van der Waals surface area (Å²) in [6.07, 6.45) is 1.85. The summed E-state index contributed by atoms with van der Waals surface area (Å²) in [5.74, 6) is 1.73. The number of furan rings is 1. The number of hydrogen-bond acceptors (Lipinski definition) is 4. The molecule has 0 aliphatic carbocycles. The van der Waals surface area contributed by atoms with Gasteiger partial charge in [0, 0.05) is 24.7 Å². The zero-order chi connectivity index (χ0) is 16.9. The van der Waals surface area contributed by atoms with E-state index in [1.165, 1.54) is 5.56 Å².